The molecule has 0 saturated heterocycles. The Morgan fingerprint density at radius 1 is 1.14 bits per heavy atom. The summed E-state index contributed by atoms with van der Waals surface area (Å²) < 4.78 is 26.1. The second-order valence-corrected chi connectivity index (χ2v) is 7.16. The lowest BCUT2D eigenvalue weighted by Crippen LogP contribution is -2.28. The number of aromatic carboxylic acids is 1. The number of halogens is 1. The van der Waals surface area contributed by atoms with Crippen LogP contribution in [-0.4, -0.2) is 26.5 Å². The van der Waals surface area contributed by atoms with Gasteiger partial charge in [0.05, 0.1) is 16.1 Å². The van der Waals surface area contributed by atoms with Gasteiger partial charge in [0.25, 0.3) is 10.0 Å². The first-order chi connectivity index (χ1) is 10.2. The molecule has 0 aliphatic rings. The zero-order valence-electron chi connectivity index (χ0n) is 11.9. The highest BCUT2D eigenvalue weighted by Gasteiger charge is 2.25. The molecule has 22 heavy (non-hydrogen) atoms. The summed E-state index contributed by atoms with van der Waals surface area (Å²) >= 11 is 5.78. The molecule has 0 bridgehead atoms. The molecule has 0 unspecified atom stereocenters. The van der Waals surface area contributed by atoms with Gasteiger partial charge in [-0.05, 0) is 37.3 Å². The van der Waals surface area contributed by atoms with Gasteiger partial charge < -0.3 is 5.11 Å². The smallest absolute Gasteiger partial charge is 0.337 e. The van der Waals surface area contributed by atoms with Gasteiger partial charge in [-0.2, -0.15) is 0 Å². The van der Waals surface area contributed by atoms with Gasteiger partial charge in [-0.15, -0.1) is 0 Å². The fourth-order valence-corrected chi connectivity index (χ4v) is 3.34. The van der Waals surface area contributed by atoms with E-state index in [0.717, 1.165) is 9.87 Å². The second-order valence-electron chi connectivity index (χ2n) is 4.75. The number of benzene rings is 2. The van der Waals surface area contributed by atoms with Crippen molar-refractivity contribution in [2.24, 2.45) is 0 Å². The van der Waals surface area contributed by atoms with Crippen molar-refractivity contribution in [3.63, 3.8) is 0 Å². The summed E-state index contributed by atoms with van der Waals surface area (Å²) in [6.07, 6.45) is 0. The minimum Gasteiger partial charge on any atom is -0.478 e. The average Bonchev–Trinajstić information content (AvgIpc) is 2.46. The molecule has 0 fully saturated rings. The molecule has 0 aliphatic carbocycles. The Bertz CT molecular complexity index is 816. The van der Waals surface area contributed by atoms with Crippen molar-refractivity contribution in [1.82, 2.24) is 0 Å². The molecule has 2 aromatic rings. The number of carboxylic acids is 1. The van der Waals surface area contributed by atoms with Gasteiger partial charge in [0.15, 0.2) is 0 Å². The fraction of sp³-hybridized carbons (Fsp3) is 0.133. The van der Waals surface area contributed by atoms with E-state index in [9.17, 15) is 18.3 Å². The normalized spacial score (nSPS) is 11.2. The number of anilines is 1. The molecule has 1 N–H and O–H groups in total. The number of hydrogen-bond acceptors (Lipinski definition) is 3. The summed E-state index contributed by atoms with van der Waals surface area (Å²) in [4.78, 5) is 11.4. The van der Waals surface area contributed by atoms with E-state index in [4.69, 9.17) is 11.6 Å². The van der Waals surface area contributed by atoms with Gasteiger partial charge in [-0.25, -0.2) is 13.2 Å². The highest BCUT2D eigenvalue weighted by atomic mass is 35.5. The SMILES string of the molecule is Cc1ccc(S(=O)(=O)N(C)c2ccc(Cl)cc2C(=O)O)cc1. The summed E-state index contributed by atoms with van der Waals surface area (Å²) in [7, 11) is -2.54. The third-order valence-corrected chi connectivity index (χ3v) is 5.23. The van der Waals surface area contributed by atoms with Crippen LogP contribution in [-0.2, 0) is 10.0 Å². The number of sulfonamides is 1. The molecule has 0 saturated carbocycles. The summed E-state index contributed by atoms with van der Waals surface area (Å²) in [6, 6.07) is 10.4. The van der Waals surface area contributed by atoms with Crippen LogP contribution in [0.15, 0.2) is 47.4 Å². The third-order valence-electron chi connectivity index (χ3n) is 3.21. The molecule has 0 amide bonds. The Balaban J connectivity index is 2.53. The molecule has 2 aromatic carbocycles. The largest absolute Gasteiger partial charge is 0.478 e. The quantitative estimate of drug-likeness (QED) is 0.928. The lowest BCUT2D eigenvalue weighted by atomic mass is 10.2. The van der Waals surface area contributed by atoms with E-state index in [1.807, 2.05) is 6.92 Å². The zero-order chi connectivity index (χ0) is 16.5. The number of nitrogens with zero attached hydrogens (tertiary/aromatic N) is 1. The number of carbonyl (C=O) groups is 1. The fourth-order valence-electron chi connectivity index (χ4n) is 1.95. The topological polar surface area (TPSA) is 74.7 Å². The van der Waals surface area contributed by atoms with E-state index in [1.165, 1.54) is 37.4 Å². The van der Waals surface area contributed by atoms with E-state index in [-0.39, 0.29) is 21.2 Å². The molecule has 116 valence electrons. The highest BCUT2D eigenvalue weighted by Crippen LogP contribution is 2.28. The first-order valence-corrected chi connectivity index (χ1v) is 8.13. The van der Waals surface area contributed by atoms with E-state index in [1.54, 1.807) is 12.1 Å². The molecule has 5 nitrogen and oxygen atoms in total. The zero-order valence-corrected chi connectivity index (χ0v) is 13.5. The van der Waals surface area contributed by atoms with E-state index in [0.29, 0.717) is 0 Å². The summed E-state index contributed by atoms with van der Waals surface area (Å²) in [5, 5.41) is 9.46. The van der Waals surface area contributed by atoms with E-state index in [2.05, 4.69) is 0 Å². The van der Waals surface area contributed by atoms with Gasteiger partial charge in [-0.3, -0.25) is 4.31 Å². The minimum atomic E-state index is -3.85. The van der Waals surface area contributed by atoms with E-state index >= 15 is 0 Å². The van der Waals surface area contributed by atoms with Crippen molar-refractivity contribution in [1.29, 1.82) is 0 Å². The van der Waals surface area contributed by atoms with Crippen molar-refractivity contribution in [3.05, 3.63) is 58.6 Å². The van der Waals surface area contributed by atoms with Crippen LogP contribution in [0.5, 0.6) is 0 Å². The van der Waals surface area contributed by atoms with Crippen LogP contribution in [0.2, 0.25) is 5.02 Å². The Morgan fingerprint density at radius 2 is 1.73 bits per heavy atom. The Morgan fingerprint density at radius 3 is 2.27 bits per heavy atom. The molecule has 0 aromatic heterocycles. The molecular weight excluding hydrogens is 326 g/mol. The van der Waals surface area contributed by atoms with Crippen LogP contribution in [0.1, 0.15) is 15.9 Å². The van der Waals surface area contributed by atoms with Gasteiger partial charge in [0.1, 0.15) is 0 Å². The van der Waals surface area contributed by atoms with Gasteiger partial charge in [-0.1, -0.05) is 29.3 Å². The van der Waals surface area contributed by atoms with Gasteiger partial charge in [0.2, 0.25) is 0 Å². The molecule has 7 heteroatoms. The Labute approximate surface area is 133 Å². The molecular formula is C15H14ClNO4S. The molecule has 2 rings (SSSR count). The van der Waals surface area contributed by atoms with Gasteiger partial charge >= 0.3 is 5.97 Å². The standard InChI is InChI=1S/C15H14ClNO4S/c1-10-3-6-12(7-4-10)22(20,21)17(2)14-8-5-11(16)9-13(14)15(18)19/h3-9H,1-2H3,(H,18,19). The van der Waals surface area contributed by atoms with Crippen LogP contribution >= 0.6 is 11.6 Å². The first-order valence-electron chi connectivity index (χ1n) is 6.32. The minimum absolute atomic E-state index is 0.0532. The first kappa shape index (κ1) is 16.3. The van der Waals surface area contributed by atoms with Crippen molar-refractivity contribution in [3.8, 4) is 0 Å². The van der Waals surface area contributed by atoms with Crippen LogP contribution in [0.4, 0.5) is 5.69 Å². The molecule has 0 radical (unpaired) electrons. The number of hydrogen-bond donors (Lipinski definition) is 1. The van der Waals surface area contributed by atoms with Gasteiger partial charge in [0, 0.05) is 12.1 Å². The van der Waals surface area contributed by atoms with Crippen molar-refractivity contribution >= 4 is 33.3 Å². The van der Waals surface area contributed by atoms with Crippen molar-refractivity contribution in [2.45, 2.75) is 11.8 Å². The predicted octanol–water partition coefficient (Wildman–Crippen LogP) is 3.17. The number of aryl methyl sites for hydroxylation is 1. The third kappa shape index (κ3) is 3.08. The van der Waals surface area contributed by atoms with Crippen molar-refractivity contribution < 1.29 is 18.3 Å². The molecule has 0 atom stereocenters. The summed E-state index contributed by atoms with van der Waals surface area (Å²) in [6.45, 7) is 1.85. The maximum atomic E-state index is 12.6. The summed E-state index contributed by atoms with van der Waals surface area (Å²) in [5.74, 6) is -1.25. The van der Waals surface area contributed by atoms with E-state index < -0.39 is 16.0 Å². The molecule has 0 aliphatic heterocycles. The average molecular weight is 340 g/mol. The van der Waals surface area contributed by atoms with Crippen LogP contribution in [0.25, 0.3) is 0 Å². The van der Waals surface area contributed by atoms with Crippen molar-refractivity contribution in [2.75, 3.05) is 11.4 Å². The van der Waals surface area contributed by atoms with Crippen LogP contribution in [0, 0.1) is 6.92 Å². The molecule has 0 heterocycles. The Kier molecular flexibility index (Phi) is 4.44. The predicted molar refractivity (Wildman–Crippen MR) is 85.2 cm³/mol. The molecule has 0 spiro atoms. The van der Waals surface area contributed by atoms with Crippen LogP contribution < -0.4 is 4.31 Å². The second kappa shape index (κ2) is 5.98. The number of carboxylic acid groups (broad SMARTS) is 1. The maximum Gasteiger partial charge on any atom is 0.337 e. The highest BCUT2D eigenvalue weighted by molar-refractivity contribution is 7.92. The van der Waals surface area contributed by atoms with Crippen LogP contribution in [0.3, 0.4) is 0 Å². The maximum absolute atomic E-state index is 12.6. The summed E-state index contributed by atoms with van der Waals surface area (Å²) in [5.41, 5.74) is 0.808. The lowest BCUT2D eigenvalue weighted by molar-refractivity contribution is 0.0698. The Hall–Kier alpha value is -2.05. The monoisotopic (exact) mass is 339 g/mol. The lowest BCUT2D eigenvalue weighted by Gasteiger charge is -2.21. The number of rotatable bonds is 4.